The number of amides is 2. The second-order valence-electron chi connectivity index (χ2n) is 7.04. The number of anilines is 1. The van der Waals surface area contributed by atoms with Gasteiger partial charge in [-0.15, -0.1) is 0 Å². The van der Waals surface area contributed by atoms with Crippen LogP contribution in [0.15, 0.2) is 36.4 Å². The average molecular weight is 310 g/mol. The minimum atomic E-state index is -0.269. The van der Waals surface area contributed by atoms with Crippen LogP contribution in [0.4, 0.5) is 5.69 Å². The highest BCUT2D eigenvalue weighted by Crippen LogP contribution is 2.36. The molecule has 2 fully saturated rings. The number of hydrogen-bond acceptors (Lipinski definition) is 3. The number of benzene rings is 1. The van der Waals surface area contributed by atoms with Gasteiger partial charge in [0.25, 0.3) is 5.91 Å². The minimum Gasteiger partial charge on any atom is -0.291 e. The Labute approximate surface area is 136 Å². The van der Waals surface area contributed by atoms with E-state index in [1.54, 1.807) is 0 Å². The van der Waals surface area contributed by atoms with E-state index in [2.05, 4.69) is 17.1 Å². The van der Waals surface area contributed by atoms with Crippen LogP contribution in [0.5, 0.6) is 0 Å². The molecule has 4 nitrogen and oxygen atoms in total. The lowest BCUT2D eigenvalue weighted by Gasteiger charge is -2.22. The molecule has 0 aromatic heterocycles. The molecule has 2 amide bonds. The summed E-state index contributed by atoms with van der Waals surface area (Å²) < 4.78 is 0. The Bertz CT molecular complexity index is 648. The molecule has 2 aliphatic heterocycles. The van der Waals surface area contributed by atoms with Gasteiger partial charge < -0.3 is 0 Å². The summed E-state index contributed by atoms with van der Waals surface area (Å²) in [6, 6.07) is 7.34. The Kier molecular flexibility index (Phi) is 3.57. The molecule has 0 saturated carbocycles. The second-order valence-corrected chi connectivity index (χ2v) is 7.04. The van der Waals surface area contributed by atoms with Crippen molar-refractivity contribution in [2.75, 3.05) is 18.0 Å². The highest BCUT2D eigenvalue weighted by Gasteiger charge is 2.46. The van der Waals surface area contributed by atoms with Crippen LogP contribution < -0.4 is 4.90 Å². The van der Waals surface area contributed by atoms with Crippen LogP contribution in [0.1, 0.15) is 24.8 Å². The summed E-state index contributed by atoms with van der Waals surface area (Å²) in [5.74, 6) is 1.18. The molecule has 2 saturated heterocycles. The van der Waals surface area contributed by atoms with Crippen molar-refractivity contribution < 1.29 is 9.59 Å². The van der Waals surface area contributed by atoms with Crippen molar-refractivity contribution in [1.82, 2.24) is 4.90 Å². The van der Waals surface area contributed by atoms with Crippen LogP contribution >= 0.6 is 0 Å². The van der Waals surface area contributed by atoms with E-state index < -0.39 is 0 Å². The zero-order chi connectivity index (χ0) is 16.0. The number of fused-ring (bicyclic) bond motifs is 1. The first-order valence-corrected chi connectivity index (χ1v) is 8.46. The Balaban J connectivity index is 1.53. The van der Waals surface area contributed by atoms with Gasteiger partial charge in [-0.05, 0) is 43.7 Å². The molecule has 4 rings (SSSR count). The van der Waals surface area contributed by atoms with E-state index >= 15 is 0 Å². The second kappa shape index (κ2) is 5.60. The third-order valence-corrected chi connectivity index (χ3v) is 5.50. The van der Waals surface area contributed by atoms with Gasteiger partial charge >= 0.3 is 0 Å². The number of allylic oxidation sites excluding steroid dienone is 2. The summed E-state index contributed by atoms with van der Waals surface area (Å²) in [5, 5.41) is 0. The molecule has 1 aliphatic carbocycles. The molecule has 0 spiro atoms. The predicted octanol–water partition coefficient (Wildman–Crippen LogP) is 2.52. The van der Waals surface area contributed by atoms with Gasteiger partial charge in [0.15, 0.2) is 0 Å². The number of carbonyl (C=O) groups is 2. The third-order valence-electron chi connectivity index (χ3n) is 5.50. The van der Waals surface area contributed by atoms with E-state index in [0.29, 0.717) is 23.9 Å². The number of likely N-dealkylation sites (tertiary alicyclic amines) is 1. The molecule has 23 heavy (non-hydrogen) atoms. The van der Waals surface area contributed by atoms with Crippen molar-refractivity contribution in [3.05, 3.63) is 42.0 Å². The molecule has 1 aromatic carbocycles. The number of aryl methyl sites for hydroxylation is 1. The number of hydrogen-bond donors (Lipinski definition) is 0. The van der Waals surface area contributed by atoms with Gasteiger partial charge in [-0.1, -0.05) is 29.8 Å². The molecule has 0 N–H and O–H groups in total. The highest BCUT2D eigenvalue weighted by atomic mass is 16.2. The number of carbonyl (C=O) groups excluding carboxylic acids is 2. The zero-order valence-corrected chi connectivity index (χ0v) is 13.4. The van der Waals surface area contributed by atoms with Crippen LogP contribution in [-0.4, -0.2) is 35.8 Å². The van der Waals surface area contributed by atoms with Gasteiger partial charge in [-0.2, -0.15) is 0 Å². The van der Waals surface area contributed by atoms with Crippen molar-refractivity contribution in [3.63, 3.8) is 0 Å². The summed E-state index contributed by atoms with van der Waals surface area (Å²) in [6.45, 7) is 3.89. The van der Waals surface area contributed by atoms with E-state index in [0.717, 1.165) is 31.5 Å². The van der Waals surface area contributed by atoms with E-state index in [4.69, 9.17) is 0 Å². The van der Waals surface area contributed by atoms with E-state index in [-0.39, 0.29) is 17.9 Å². The maximum absolute atomic E-state index is 12.8. The standard InChI is InChI=1S/C19H22N2O2/c1-13-6-8-16(9-7-13)21-18(22)10-17(19(21)23)20-11-14-4-2-3-5-15(14)12-20/h2-3,6-9,14-15,17H,4-5,10-12H2,1H3/t14-,15+,17-/m1/s1. The lowest BCUT2D eigenvalue weighted by atomic mass is 9.86. The van der Waals surface area contributed by atoms with Crippen molar-refractivity contribution in [3.8, 4) is 0 Å². The molecular weight excluding hydrogens is 288 g/mol. The molecular formula is C19H22N2O2. The first-order valence-electron chi connectivity index (χ1n) is 8.46. The van der Waals surface area contributed by atoms with Gasteiger partial charge in [0.05, 0.1) is 18.2 Å². The van der Waals surface area contributed by atoms with Gasteiger partial charge in [0.1, 0.15) is 0 Å². The number of imide groups is 1. The van der Waals surface area contributed by atoms with Gasteiger partial charge in [-0.3, -0.25) is 14.5 Å². The van der Waals surface area contributed by atoms with Crippen LogP contribution in [0, 0.1) is 18.8 Å². The maximum Gasteiger partial charge on any atom is 0.251 e. The van der Waals surface area contributed by atoms with Crippen LogP contribution in [0.25, 0.3) is 0 Å². The largest absolute Gasteiger partial charge is 0.291 e. The van der Waals surface area contributed by atoms with Crippen LogP contribution in [0.2, 0.25) is 0 Å². The lowest BCUT2D eigenvalue weighted by Crippen LogP contribution is -2.41. The molecule has 2 heterocycles. The van der Waals surface area contributed by atoms with Crippen molar-refractivity contribution >= 4 is 17.5 Å². The van der Waals surface area contributed by atoms with Gasteiger partial charge in [0.2, 0.25) is 5.91 Å². The Morgan fingerprint density at radius 1 is 0.957 bits per heavy atom. The molecule has 3 aliphatic rings. The topological polar surface area (TPSA) is 40.6 Å². The zero-order valence-electron chi connectivity index (χ0n) is 13.4. The van der Waals surface area contributed by atoms with E-state index in [9.17, 15) is 9.59 Å². The number of nitrogens with zero attached hydrogens (tertiary/aromatic N) is 2. The van der Waals surface area contributed by atoms with Crippen molar-refractivity contribution in [2.45, 2.75) is 32.2 Å². The molecule has 4 heteroatoms. The smallest absolute Gasteiger partial charge is 0.251 e. The van der Waals surface area contributed by atoms with Crippen molar-refractivity contribution in [1.29, 1.82) is 0 Å². The fraction of sp³-hybridized carbons (Fsp3) is 0.474. The van der Waals surface area contributed by atoms with Crippen molar-refractivity contribution in [2.24, 2.45) is 11.8 Å². The summed E-state index contributed by atoms with van der Waals surface area (Å²) in [4.78, 5) is 28.9. The third kappa shape index (κ3) is 2.51. The van der Waals surface area contributed by atoms with Gasteiger partial charge in [-0.25, -0.2) is 4.90 Å². The summed E-state index contributed by atoms with van der Waals surface area (Å²) in [5.41, 5.74) is 1.83. The Morgan fingerprint density at radius 3 is 2.17 bits per heavy atom. The minimum absolute atomic E-state index is 0.0505. The fourth-order valence-electron chi connectivity index (χ4n) is 4.17. The highest BCUT2D eigenvalue weighted by molar-refractivity contribution is 6.22. The maximum atomic E-state index is 12.8. The van der Waals surface area contributed by atoms with Gasteiger partial charge in [0, 0.05) is 13.1 Å². The molecule has 0 radical (unpaired) electrons. The Morgan fingerprint density at radius 2 is 1.57 bits per heavy atom. The first kappa shape index (κ1) is 14.6. The average Bonchev–Trinajstić information content (AvgIpc) is 3.09. The van der Waals surface area contributed by atoms with Crippen LogP contribution in [-0.2, 0) is 9.59 Å². The molecule has 0 bridgehead atoms. The lowest BCUT2D eigenvalue weighted by molar-refractivity contribution is -0.122. The van der Waals surface area contributed by atoms with E-state index in [1.807, 2.05) is 31.2 Å². The summed E-state index contributed by atoms with van der Waals surface area (Å²) in [7, 11) is 0. The summed E-state index contributed by atoms with van der Waals surface area (Å²) in [6.07, 6.45) is 7.05. The molecule has 1 aromatic rings. The number of rotatable bonds is 2. The molecule has 3 atom stereocenters. The van der Waals surface area contributed by atoms with Crippen LogP contribution in [0.3, 0.4) is 0 Å². The monoisotopic (exact) mass is 310 g/mol. The molecule has 0 unspecified atom stereocenters. The molecule has 120 valence electrons. The normalized spacial score (nSPS) is 31.0. The van der Waals surface area contributed by atoms with E-state index in [1.165, 1.54) is 4.90 Å². The predicted molar refractivity (Wildman–Crippen MR) is 89.0 cm³/mol. The quantitative estimate of drug-likeness (QED) is 0.622. The first-order chi connectivity index (χ1) is 11.1. The Hall–Kier alpha value is -1.94. The summed E-state index contributed by atoms with van der Waals surface area (Å²) >= 11 is 0. The SMILES string of the molecule is Cc1ccc(N2C(=O)C[C@@H](N3C[C@H]4CC=CC[C@H]4C3)C2=O)cc1. The fourth-order valence-corrected chi connectivity index (χ4v) is 4.17.